The summed E-state index contributed by atoms with van der Waals surface area (Å²) in [5.41, 5.74) is 0.708. The van der Waals surface area contributed by atoms with E-state index in [1.165, 1.54) is 25.0 Å². The Balaban J connectivity index is 1.28. The molecule has 8 heteroatoms. The largest absolute Gasteiger partial charge is 0.419 e. The SMILES string of the molecule is C[C@H](c1nnc(-c2ccc(F)cc2)o1)N1CCN(CC(=O)N2CCCCCC2)CC1. The number of halogens is 1. The van der Waals surface area contributed by atoms with Gasteiger partial charge in [0.05, 0.1) is 12.6 Å². The van der Waals surface area contributed by atoms with Crippen LogP contribution >= 0.6 is 0 Å². The number of nitrogens with zero attached hydrogens (tertiary/aromatic N) is 5. The normalized spacial score (nSPS) is 20.1. The van der Waals surface area contributed by atoms with Crippen LogP contribution in [0.15, 0.2) is 28.7 Å². The lowest BCUT2D eigenvalue weighted by Crippen LogP contribution is -2.50. The lowest BCUT2D eigenvalue weighted by atomic mass is 10.2. The predicted octanol–water partition coefficient (Wildman–Crippen LogP) is 2.96. The second kappa shape index (κ2) is 9.66. The van der Waals surface area contributed by atoms with E-state index >= 15 is 0 Å². The monoisotopic (exact) mass is 415 g/mol. The second-order valence-corrected chi connectivity index (χ2v) is 8.24. The maximum absolute atomic E-state index is 13.1. The highest BCUT2D eigenvalue weighted by Gasteiger charge is 2.27. The fraction of sp³-hybridized carbons (Fsp3) is 0.591. The number of benzene rings is 1. The number of amides is 1. The van der Waals surface area contributed by atoms with Gasteiger partial charge in [0.15, 0.2) is 0 Å². The van der Waals surface area contributed by atoms with Crippen molar-refractivity contribution >= 4 is 5.91 Å². The van der Waals surface area contributed by atoms with Crippen molar-refractivity contribution in [3.8, 4) is 11.5 Å². The van der Waals surface area contributed by atoms with Crippen LogP contribution < -0.4 is 0 Å². The Morgan fingerprint density at radius 3 is 2.33 bits per heavy atom. The molecule has 2 aliphatic rings. The first-order valence-corrected chi connectivity index (χ1v) is 10.9. The average Bonchev–Trinajstić information content (AvgIpc) is 3.09. The molecule has 0 unspecified atom stereocenters. The molecule has 0 saturated carbocycles. The van der Waals surface area contributed by atoms with E-state index in [4.69, 9.17) is 4.42 Å². The average molecular weight is 416 g/mol. The van der Waals surface area contributed by atoms with Gasteiger partial charge in [0.25, 0.3) is 0 Å². The molecule has 2 aromatic rings. The van der Waals surface area contributed by atoms with Gasteiger partial charge in [-0.15, -0.1) is 10.2 Å². The third kappa shape index (κ3) is 5.05. The van der Waals surface area contributed by atoms with Crippen molar-refractivity contribution in [2.75, 3.05) is 45.8 Å². The molecular weight excluding hydrogens is 385 g/mol. The highest BCUT2D eigenvalue weighted by Crippen LogP contribution is 2.25. The molecule has 0 aliphatic carbocycles. The molecule has 0 spiro atoms. The Labute approximate surface area is 176 Å². The summed E-state index contributed by atoms with van der Waals surface area (Å²) in [6.07, 6.45) is 4.72. The summed E-state index contributed by atoms with van der Waals surface area (Å²) in [5, 5.41) is 8.32. The van der Waals surface area contributed by atoms with Crippen LogP contribution in [0.1, 0.15) is 44.5 Å². The summed E-state index contributed by atoms with van der Waals surface area (Å²) in [4.78, 5) is 19.2. The Morgan fingerprint density at radius 2 is 1.67 bits per heavy atom. The summed E-state index contributed by atoms with van der Waals surface area (Å²) in [6.45, 7) is 7.78. The third-order valence-corrected chi connectivity index (χ3v) is 6.16. The minimum absolute atomic E-state index is 0.00448. The fourth-order valence-corrected chi connectivity index (χ4v) is 4.19. The van der Waals surface area contributed by atoms with Gasteiger partial charge in [0.2, 0.25) is 17.7 Å². The molecule has 162 valence electrons. The van der Waals surface area contributed by atoms with Crippen molar-refractivity contribution in [3.05, 3.63) is 36.0 Å². The summed E-state index contributed by atoms with van der Waals surface area (Å²) in [6, 6.07) is 6.04. The molecule has 1 aromatic heterocycles. The Kier molecular flexibility index (Phi) is 6.74. The predicted molar refractivity (Wildman–Crippen MR) is 111 cm³/mol. The molecule has 0 N–H and O–H groups in total. The molecule has 7 nitrogen and oxygen atoms in total. The molecule has 30 heavy (non-hydrogen) atoms. The van der Waals surface area contributed by atoms with E-state index < -0.39 is 0 Å². The minimum Gasteiger partial charge on any atom is -0.419 e. The summed E-state index contributed by atoms with van der Waals surface area (Å²) in [5.74, 6) is 0.931. The quantitative estimate of drug-likeness (QED) is 0.748. The molecule has 2 saturated heterocycles. The van der Waals surface area contributed by atoms with Gasteiger partial charge >= 0.3 is 0 Å². The molecule has 3 heterocycles. The van der Waals surface area contributed by atoms with Gasteiger partial charge in [0, 0.05) is 44.8 Å². The van der Waals surface area contributed by atoms with Gasteiger partial charge in [-0.05, 0) is 44.0 Å². The van der Waals surface area contributed by atoms with Gasteiger partial charge in [-0.3, -0.25) is 14.6 Å². The Morgan fingerprint density at radius 1 is 1.00 bits per heavy atom. The maximum Gasteiger partial charge on any atom is 0.247 e. The highest BCUT2D eigenvalue weighted by molar-refractivity contribution is 5.78. The molecule has 0 radical (unpaired) electrons. The number of carbonyl (C=O) groups excluding carboxylic acids is 1. The standard InChI is InChI=1S/C22H30FN5O2/c1-17(21-24-25-22(30-21)18-6-8-19(23)9-7-18)27-14-12-26(13-15-27)16-20(29)28-10-4-2-3-5-11-28/h6-9,17H,2-5,10-16H2,1H3/t17-/m1/s1. The molecule has 1 atom stereocenters. The van der Waals surface area contributed by atoms with Crippen LogP contribution in [0.3, 0.4) is 0 Å². The van der Waals surface area contributed by atoms with Crippen molar-refractivity contribution < 1.29 is 13.6 Å². The lowest BCUT2D eigenvalue weighted by molar-refractivity contribution is -0.132. The van der Waals surface area contributed by atoms with Crippen molar-refractivity contribution in [2.24, 2.45) is 0 Å². The van der Waals surface area contributed by atoms with Crippen molar-refractivity contribution in [2.45, 2.75) is 38.6 Å². The lowest BCUT2D eigenvalue weighted by Gasteiger charge is -2.37. The summed E-state index contributed by atoms with van der Waals surface area (Å²) >= 11 is 0. The first kappa shape index (κ1) is 20.9. The first-order chi connectivity index (χ1) is 14.6. The van der Waals surface area contributed by atoms with E-state index in [1.807, 2.05) is 4.90 Å². The van der Waals surface area contributed by atoms with Crippen LogP contribution in [0.2, 0.25) is 0 Å². The molecule has 4 rings (SSSR count). The smallest absolute Gasteiger partial charge is 0.247 e. The fourth-order valence-electron chi connectivity index (χ4n) is 4.19. The summed E-state index contributed by atoms with van der Waals surface area (Å²) in [7, 11) is 0. The van der Waals surface area contributed by atoms with Gasteiger partial charge in [0.1, 0.15) is 5.82 Å². The minimum atomic E-state index is -0.293. The first-order valence-electron chi connectivity index (χ1n) is 10.9. The zero-order chi connectivity index (χ0) is 20.9. The topological polar surface area (TPSA) is 65.7 Å². The van der Waals surface area contributed by atoms with Crippen molar-refractivity contribution in [1.82, 2.24) is 24.9 Å². The number of likely N-dealkylation sites (tertiary alicyclic amines) is 1. The molecule has 0 bridgehead atoms. The van der Waals surface area contributed by atoms with Gasteiger partial charge < -0.3 is 9.32 Å². The number of hydrogen-bond acceptors (Lipinski definition) is 6. The molecule has 1 aromatic carbocycles. The number of rotatable bonds is 5. The Bertz CT molecular complexity index is 824. The van der Waals surface area contributed by atoms with Crippen LogP contribution in [-0.4, -0.2) is 76.6 Å². The number of piperazine rings is 1. The van der Waals surface area contributed by atoms with E-state index in [9.17, 15) is 9.18 Å². The summed E-state index contributed by atoms with van der Waals surface area (Å²) < 4.78 is 19.0. The molecule has 2 fully saturated rings. The number of aromatic nitrogens is 2. The highest BCUT2D eigenvalue weighted by atomic mass is 19.1. The van der Waals surface area contributed by atoms with E-state index in [-0.39, 0.29) is 17.8 Å². The van der Waals surface area contributed by atoms with Gasteiger partial charge in [-0.1, -0.05) is 12.8 Å². The maximum atomic E-state index is 13.1. The van der Waals surface area contributed by atoms with Gasteiger partial charge in [-0.2, -0.15) is 0 Å². The zero-order valence-electron chi connectivity index (χ0n) is 17.6. The van der Waals surface area contributed by atoms with Crippen molar-refractivity contribution in [1.29, 1.82) is 0 Å². The number of hydrogen-bond donors (Lipinski definition) is 0. The zero-order valence-corrected chi connectivity index (χ0v) is 17.6. The van der Waals surface area contributed by atoms with Crippen LogP contribution in [0.25, 0.3) is 11.5 Å². The van der Waals surface area contributed by atoms with Crippen LogP contribution in [0.5, 0.6) is 0 Å². The Hall–Kier alpha value is -2.32. The van der Waals surface area contributed by atoms with Crippen LogP contribution in [-0.2, 0) is 4.79 Å². The third-order valence-electron chi connectivity index (χ3n) is 6.16. The van der Waals surface area contributed by atoms with Crippen molar-refractivity contribution in [3.63, 3.8) is 0 Å². The van der Waals surface area contributed by atoms with Crippen LogP contribution in [0, 0.1) is 5.82 Å². The molecule has 2 aliphatic heterocycles. The van der Waals surface area contributed by atoms with E-state index in [0.29, 0.717) is 23.9 Å². The van der Waals surface area contributed by atoms with Crippen LogP contribution in [0.4, 0.5) is 4.39 Å². The van der Waals surface area contributed by atoms with E-state index in [0.717, 1.165) is 52.1 Å². The van der Waals surface area contributed by atoms with E-state index in [2.05, 4.69) is 26.9 Å². The molecule has 1 amide bonds. The number of carbonyl (C=O) groups is 1. The molecular formula is C22H30FN5O2. The van der Waals surface area contributed by atoms with E-state index in [1.54, 1.807) is 12.1 Å². The van der Waals surface area contributed by atoms with Gasteiger partial charge in [-0.25, -0.2) is 4.39 Å². The second-order valence-electron chi connectivity index (χ2n) is 8.24.